The summed E-state index contributed by atoms with van der Waals surface area (Å²) in [5.74, 6) is 1.74. The number of ether oxygens (including phenoxy) is 1. The van der Waals surface area contributed by atoms with Gasteiger partial charge in [-0.15, -0.1) is 11.3 Å². The van der Waals surface area contributed by atoms with E-state index in [0.717, 1.165) is 32.0 Å². The molecule has 2 aromatic heterocycles. The fourth-order valence-electron chi connectivity index (χ4n) is 2.80. The van der Waals surface area contributed by atoms with Gasteiger partial charge in [-0.3, -0.25) is 0 Å². The van der Waals surface area contributed by atoms with Crippen molar-refractivity contribution in [3.8, 4) is 39.3 Å². The number of halogens is 1. The van der Waals surface area contributed by atoms with Crippen LogP contribution in [0.5, 0.6) is 11.5 Å². The molecular formula is C22H14BrN3OS. The number of hydrogen-bond acceptors (Lipinski definition) is 5. The van der Waals surface area contributed by atoms with Gasteiger partial charge in [0.05, 0.1) is 5.69 Å². The van der Waals surface area contributed by atoms with Crippen molar-refractivity contribution in [1.29, 1.82) is 5.26 Å². The molecule has 0 amide bonds. The molecule has 0 bridgehead atoms. The average Bonchev–Trinajstić information content (AvgIpc) is 3.15. The zero-order valence-corrected chi connectivity index (χ0v) is 17.0. The van der Waals surface area contributed by atoms with Crippen LogP contribution in [0, 0.1) is 11.3 Å². The van der Waals surface area contributed by atoms with Crippen LogP contribution in [0.25, 0.3) is 21.7 Å². The maximum atomic E-state index is 9.51. The van der Waals surface area contributed by atoms with Crippen LogP contribution in [0.3, 0.4) is 0 Å². The molecular weight excluding hydrogens is 434 g/mol. The number of nitrogen functional groups attached to an aromatic ring is 1. The van der Waals surface area contributed by atoms with Crippen molar-refractivity contribution in [2.24, 2.45) is 0 Å². The van der Waals surface area contributed by atoms with E-state index in [1.807, 2.05) is 72.1 Å². The quantitative estimate of drug-likeness (QED) is 0.388. The molecule has 136 valence electrons. The van der Waals surface area contributed by atoms with E-state index in [9.17, 15) is 5.26 Å². The third-order valence-corrected chi connectivity index (χ3v) is 5.85. The van der Waals surface area contributed by atoms with Crippen molar-refractivity contribution in [2.45, 2.75) is 0 Å². The first-order valence-corrected chi connectivity index (χ1v) is 10.1. The second-order valence-electron chi connectivity index (χ2n) is 6.00. The number of rotatable bonds is 4. The molecule has 0 unspecified atom stereocenters. The Morgan fingerprint density at radius 2 is 1.71 bits per heavy atom. The number of nitrogens with zero attached hydrogens (tertiary/aromatic N) is 2. The van der Waals surface area contributed by atoms with Gasteiger partial charge in [0.15, 0.2) is 0 Å². The maximum Gasteiger partial charge on any atom is 0.142 e. The molecule has 2 heterocycles. The molecule has 0 fully saturated rings. The molecule has 2 aromatic carbocycles. The van der Waals surface area contributed by atoms with Gasteiger partial charge in [0, 0.05) is 25.9 Å². The largest absolute Gasteiger partial charge is 0.457 e. The van der Waals surface area contributed by atoms with Gasteiger partial charge in [0.2, 0.25) is 0 Å². The van der Waals surface area contributed by atoms with E-state index in [0.29, 0.717) is 11.3 Å². The Hall–Kier alpha value is -3.14. The third-order valence-electron chi connectivity index (χ3n) is 4.12. The zero-order valence-electron chi connectivity index (χ0n) is 14.6. The van der Waals surface area contributed by atoms with Crippen LogP contribution in [-0.4, -0.2) is 4.98 Å². The van der Waals surface area contributed by atoms with Crippen molar-refractivity contribution >= 4 is 33.1 Å². The third kappa shape index (κ3) is 3.77. The molecule has 0 saturated carbocycles. The SMILES string of the molecule is N#Cc1c(-c2cc(Br)cs2)cc(-c2ccc(Oc3ccccc3)cc2)nc1N. The molecule has 0 aliphatic rings. The first-order valence-electron chi connectivity index (χ1n) is 8.42. The van der Waals surface area contributed by atoms with Crippen molar-refractivity contribution < 1.29 is 4.74 Å². The molecule has 0 aliphatic carbocycles. The van der Waals surface area contributed by atoms with E-state index >= 15 is 0 Å². The molecule has 0 aliphatic heterocycles. The molecule has 0 saturated heterocycles. The summed E-state index contributed by atoms with van der Waals surface area (Å²) in [6.07, 6.45) is 0. The highest BCUT2D eigenvalue weighted by Crippen LogP contribution is 2.36. The Morgan fingerprint density at radius 1 is 1.00 bits per heavy atom. The maximum absolute atomic E-state index is 9.51. The lowest BCUT2D eigenvalue weighted by Gasteiger charge is -2.10. The fourth-order valence-corrected chi connectivity index (χ4v) is 4.25. The predicted octanol–water partition coefficient (Wildman–Crippen LogP) is 6.49. The van der Waals surface area contributed by atoms with Crippen molar-refractivity contribution in [1.82, 2.24) is 4.98 Å². The Bertz CT molecular complexity index is 1160. The van der Waals surface area contributed by atoms with Crippen LogP contribution >= 0.6 is 27.3 Å². The summed E-state index contributed by atoms with van der Waals surface area (Å²) >= 11 is 5.01. The van der Waals surface area contributed by atoms with Gasteiger partial charge in [0.1, 0.15) is 28.9 Å². The van der Waals surface area contributed by atoms with Crippen LogP contribution in [0.4, 0.5) is 5.82 Å². The summed E-state index contributed by atoms with van der Waals surface area (Å²) in [7, 11) is 0. The minimum Gasteiger partial charge on any atom is -0.457 e. The number of para-hydroxylation sites is 1. The number of thiophene rings is 1. The Kier molecular flexibility index (Phi) is 5.11. The number of aromatic nitrogens is 1. The highest BCUT2D eigenvalue weighted by atomic mass is 79.9. The first-order chi connectivity index (χ1) is 13.6. The molecule has 0 atom stereocenters. The topological polar surface area (TPSA) is 71.9 Å². The van der Waals surface area contributed by atoms with Crippen LogP contribution in [-0.2, 0) is 0 Å². The molecule has 4 rings (SSSR count). The smallest absolute Gasteiger partial charge is 0.142 e. The molecule has 4 aromatic rings. The summed E-state index contributed by atoms with van der Waals surface area (Å²) in [4.78, 5) is 5.39. The predicted molar refractivity (Wildman–Crippen MR) is 116 cm³/mol. The number of anilines is 1. The normalized spacial score (nSPS) is 10.4. The Balaban J connectivity index is 1.69. The molecule has 28 heavy (non-hydrogen) atoms. The van der Waals surface area contributed by atoms with Crippen LogP contribution in [0.15, 0.2) is 76.6 Å². The van der Waals surface area contributed by atoms with E-state index in [1.165, 1.54) is 0 Å². The van der Waals surface area contributed by atoms with Gasteiger partial charge < -0.3 is 10.5 Å². The summed E-state index contributed by atoms with van der Waals surface area (Å²) in [5, 5.41) is 11.5. The van der Waals surface area contributed by atoms with Gasteiger partial charge in [-0.05, 0) is 64.5 Å². The zero-order chi connectivity index (χ0) is 19.5. The number of nitriles is 1. The second-order valence-corrected chi connectivity index (χ2v) is 7.82. The lowest BCUT2D eigenvalue weighted by Crippen LogP contribution is -1.99. The van der Waals surface area contributed by atoms with E-state index in [1.54, 1.807) is 11.3 Å². The minimum atomic E-state index is 0.226. The average molecular weight is 448 g/mol. The summed E-state index contributed by atoms with van der Waals surface area (Å²) in [6, 6.07) is 23.3. The van der Waals surface area contributed by atoms with E-state index in [4.69, 9.17) is 10.5 Å². The van der Waals surface area contributed by atoms with Crippen molar-refractivity contribution in [3.05, 3.63) is 82.1 Å². The van der Waals surface area contributed by atoms with Gasteiger partial charge >= 0.3 is 0 Å². The lowest BCUT2D eigenvalue weighted by molar-refractivity contribution is 0.483. The fraction of sp³-hybridized carbons (Fsp3) is 0. The molecule has 0 radical (unpaired) electrons. The van der Waals surface area contributed by atoms with Crippen LogP contribution in [0.1, 0.15) is 5.56 Å². The summed E-state index contributed by atoms with van der Waals surface area (Å²) in [6.45, 7) is 0. The Morgan fingerprint density at radius 3 is 2.36 bits per heavy atom. The van der Waals surface area contributed by atoms with Crippen molar-refractivity contribution in [3.63, 3.8) is 0 Å². The molecule has 0 spiro atoms. The van der Waals surface area contributed by atoms with Gasteiger partial charge in [0.25, 0.3) is 0 Å². The van der Waals surface area contributed by atoms with Crippen LogP contribution < -0.4 is 10.5 Å². The Labute approximate surface area is 175 Å². The van der Waals surface area contributed by atoms with Crippen molar-refractivity contribution in [2.75, 3.05) is 5.73 Å². The molecule has 6 heteroatoms. The van der Waals surface area contributed by atoms with Gasteiger partial charge in [-0.1, -0.05) is 18.2 Å². The number of nitrogens with two attached hydrogens (primary N) is 1. The monoisotopic (exact) mass is 447 g/mol. The number of hydrogen-bond donors (Lipinski definition) is 1. The summed E-state index contributed by atoms with van der Waals surface area (Å²) < 4.78 is 6.80. The standard InChI is InChI=1S/C22H14BrN3OS/c23-15-10-21(28-13-15)18-11-20(26-22(25)19(18)12-24)14-6-8-17(9-7-14)27-16-4-2-1-3-5-16/h1-11,13H,(H2,25,26). The molecule has 4 nitrogen and oxygen atoms in total. The van der Waals surface area contributed by atoms with Gasteiger partial charge in [-0.2, -0.15) is 5.26 Å². The van der Waals surface area contributed by atoms with E-state index < -0.39 is 0 Å². The summed E-state index contributed by atoms with van der Waals surface area (Å²) in [5.41, 5.74) is 8.86. The first kappa shape index (κ1) is 18.2. The van der Waals surface area contributed by atoms with Gasteiger partial charge in [-0.25, -0.2) is 4.98 Å². The van der Waals surface area contributed by atoms with Crippen LogP contribution in [0.2, 0.25) is 0 Å². The lowest BCUT2D eigenvalue weighted by atomic mass is 10.0. The highest BCUT2D eigenvalue weighted by molar-refractivity contribution is 9.10. The second kappa shape index (κ2) is 7.85. The number of pyridine rings is 1. The highest BCUT2D eigenvalue weighted by Gasteiger charge is 2.15. The minimum absolute atomic E-state index is 0.226. The van der Waals surface area contributed by atoms with E-state index in [2.05, 4.69) is 27.0 Å². The number of benzene rings is 2. The molecule has 2 N–H and O–H groups in total. The van der Waals surface area contributed by atoms with E-state index in [-0.39, 0.29) is 5.82 Å².